The number of hydrogen-bond donors (Lipinski definition) is 1. The number of nitrogens with zero attached hydrogens (tertiary/aromatic N) is 3. The largest absolute Gasteiger partial charge is 0.493 e. The van der Waals surface area contributed by atoms with Crippen LogP contribution in [-0.4, -0.2) is 46.8 Å². The Bertz CT molecular complexity index is 860. The molecular formula is C12H10BrF2N3O3S. The molecule has 1 aliphatic heterocycles. The average molecular weight is 394 g/mol. The molecule has 6 nitrogen and oxygen atoms in total. The minimum Gasteiger partial charge on any atom is -0.493 e. The molecule has 0 bridgehead atoms. The Morgan fingerprint density at radius 1 is 1.32 bits per heavy atom. The number of fused-ring (bicyclic) bond motifs is 1. The van der Waals surface area contributed by atoms with Gasteiger partial charge in [-0.15, -0.1) is 0 Å². The zero-order chi connectivity index (χ0) is 16.1. The summed E-state index contributed by atoms with van der Waals surface area (Å²) in [6.45, 7) is -1.12. The minimum atomic E-state index is -4.15. The van der Waals surface area contributed by atoms with E-state index in [9.17, 15) is 22.3 Å². The molecule has 1 saturated heterocycles. The van der Waals surface area contributed by atoms with Crippen molar-refractivity contribution < 1.29 is 22.3 Å². The number of aromatic nitrogens is 2. The lowest BCUT2D eigenvalue weighted by Crippen LogP contribution is -2.31. The van der Waals surface area contributed by atoms with Gasteiger partial charge in [0.05, 0.1) is 17.4 Å². The highest BCUT2D eigenvalue weighted by Gasteiger charge is 2.44. The Labute approximate surface area is 133 Å². The fraction of sp³-hybridized carbons (Fsp3) is 0.333. The molecular weight excluding hydrogens is 384 g/mol. The number of halogens is 3. The summed E-state index contributed by atoms with van der Waals surface area (Å²) in [5.74, 6) is -3.42. The molecule has 1 aliphatic rings. The van der Waals surface area contributed by atoms with Gasteiger partial charge in [-0.1, -0.05) is 15.9 Å². The molecule has 0 saturated carbocycles. The lowest BCUT2D eigenvalue weighted by atomic mass is 10.2. The molecule has 0 aliphatic carbocycles. The third-order valence-corrected chi connectivity index (χ3v) is 5.72. The molecule has 0 atom stereocenters. The van der Waals surface area contributed by atoms with E-state index in [-0.39, 0.29) is 28.2 Å². The second-order valence-electron chi connectivity index (χ2n) is 4.94. The highest BCUT2D eigenvalue weighted by molar-refractivity contribution is 9.10. The third-order valence-electron chi connectivity index (χ3n) is 3.40. The van der Waals surface area contributed by atoms with Gasteiger partial charge in [0.1, 0.15) is 11.2 Å². The van der Waals surface area contributed by atoms with Crippen LogP contribution in [-0.2, 0) is 10.0 Å². The molecule has 0 radical (unpaired) electrons. The SMILES string of the molecule is O=S(=O)(c1cc(Br)cc2c(O)ncnc12)N1CCC(F)(F)C1. The molecule has 1 N–H and O–H groups in total. The normalized spacial score (nSPS) is 18.9. The first kappa shape index (κ1) is 15.5. The van der Waals surface area contributed by atoms with E-state index in [1.54, 1.807) is 0 Å². The number of rotatable bonds is 2. The van der Waals surface area contributed by atoms with Crippen LogP contribution < -0.4 is 0 Å². The first-order valence-corrected chi connectivity index (χ1v) is 8.45. The average Bonchev–Trinajstić information content (AvgIpc) is 2.80. The zero-order valence-electron chi connectivity index (χ0n) is 11.0. The molecule has 3 rings (SSSR count). The van der Waals surface area contributed by atoms with E-state index in [0.717, 1.165) is 10.6 Å². The highest BCUT2D eigenvalue weighted by atomic mass is 79.9. The van der Waals surface area contributed by atoms with E-state index in [1.807, 2.05) is 0 Å². The second-order valence-corrected chi connectivity index (χ2v) is 7.76. The van der Waals surface area contributed by atoms with Gasteiger partial charge in [0.25, 0.3) is 5.92 Å². The van der Waals surface area contributed by atoms with Crippen LogP contribution in [0.1, 0.15) is 6.42 Å². The van der Waals surface area contributed by atoms with Crippen LogP contribution in [0.2, 0.25) is 0 Å². The van der Waals surface area contributed by atoms with E-state index in [4.69, 9.17) is 0 Å². The lowest BCUT2D eigenvalue weighted by molar-refractivity contribution is 0.0183. The topological polar surface area (TPSA) is 83.4 Å². The summed E-state index contributed by atoms with van der Waals surface area (Å²) >= 11 is 3.14. The van der Waals surface area contributed by atoms with Gasteiger partial charge in [-0.25, -0.2) is 27.2 Å². The standard InChI is InChI=1S/C12H10BrF2N3O3S/c13-7-3-8-10(16-6-17-11(8)19)9(4-7)22(20,21)18-2-1-12(14,15)5-18/h3-4,6H,1-2,5H2,(H,16,17,19). The van der Waals surface area contributed by atoms with Crippen LogP contribution in [0.3, 0.4) is 0 Å². The van der Waals surface area contributed by atoms with Crippen LogP contribution in [0.5, 0.6) is 5.88 Å². The van der Waals surface area contributed by atoms with Crippen molar-refractivity contribution in [3.05, 3.63) is 22.9 Å². The molecule has 0 unspecified atom stereocenters. The number of alkyl halides is 2. The Hall–Kier alpha value is -1.39. The van der Waals surface area contributed by atoms with Crippen molar-refractivity contribution in [3.8, 4) is 5.88 Å². The summed E-state index contributed by atoms with van der Waals surface area (Å²) in [6, 6.07) is 2.74. The maximum Gasteiger partial charge on any atom is 0.262 e. The van der Waals surface area contributed by atoms with Gasteiger partial charge < -0.3 is 5.11 Å². The number of benzene rings is 1. The number of sulfonamides is 1. The van der Waals surface area contributed by atoms with Gasteiger partial charge in [0.2, 0.25) is 15.9 Å². The quantitative estimate of drug-likeness (QED) is 0.844. The summed E-state index contributed by atoms with van der Waals surface area (Å²) < 4.78 is 53.0. The van der Waals surface area contributed by atoms with Crippen LogP contribution >= 0.6 is 15.9 Å². The van der Waals surface area contributed by atoms with Crippen LogP contribution in [0.15, 0.2) is 27.8 Å². The Morgan fingerprint density at radius 3 is 2.68 bits per heavy atom. The van der Waals surface area contributed by atoms with Gasteiger partial charge in [0.15, 0.2) is 0 Å². The van der Waals surface area contributed by atoms with E-state index < -0.39 is 28.9 Å². The fourth-order valence-corrected chi connectivity index (χ4v) is 4.59. The van der Waals surface area contributed by atoms with Crippen molar-refractivity contribution in [2.45, 2.75) is 17.2 Å². The third kappa shape index (κ3) is 2.55. The molecule has 22 heavy (non-hydrogen) atoms. The van der Waals surface area contributed by atoms with Crippen molar-refractivity contribution in [1.29, 1.82) is 0 Å². The first-order valence-electron chi connectivity index (χ1n) is 6.22. The molecule has 1 aromatic carbocycles. The molecule has 118 valence electrons. The van der Waals surface area contributed by atoms with Gasteiger partial charge in [-0.05, 0) is 12.1 Å². The predicted molar refractivity (Wildman–Crippen MR) is 77.2 cm³/mol. The van der Waals surface area contributed by atoms with Crippen molar-refractivity contribution in [1.82, 2.24) is 14.3 Å². The van der Waals surface area contributed by atoms with Gasteiger partial charge in [0, 0.05) is 17.4 Å². The maximum atomic E-state index is 13.3. The summed E-state index contributed by atoms with van der Waals surface area (Å²) in [5.41, 5.74) is -0.00841. The first-order chi connectivity index (χ1) is 10.2. The lowest BCUT2D eigenvalue weighted by Gasteiger charge is -2.17. The maximum absolute atomic E-state index is 13.3. The minimum absolute atomic E-state index is 0.00841. The molecule has 0 spiro atoms. The molecule has 0 amide bonds. The molecule has 2 heterocycles. The molecule has 1 aromatic heterocycles. The summed E-state index contributed by atoms with van der Waals surface area (Å²) in [7, 11) is -4.15. The van der Waals surface area contributed by atoms with E-state index in [0.29, 0.717) is 4.47 Å². The smallest absolute Gasteiger partial charge is 0.262 e. The molecule has 1 fully saturated rings. The predicted octanol–water partition coefficient (Wildman–Crippen LogP) is 2.13. The van der Waals surface area contributed by atoms with Gasteiger partial charge in [-0.3, -0.25) is 0 Å². The van der Waals surface area contributed by atoms with Crippen LogP contribution in [0, 0.1) is 0 Å². The van der Waals surface area contributed by atoms with E-state index >= 15 is 0 Å². The number of hydrogen-bond acceptors (Lipinski definition) is 5. The fourth-order valence-electron chi connectivity index (χ4n) is 2.33. The Balaban J connectivity index is 2.20. The monoisotopic (exact) mass is 393 g/mol. The summed E-state index contributed by atoms with van der Waals surface area (Å²) in [6.07, 6.45) is 0.502. The van der Waals surface area contributed by atoms with Crippen LogP contribution in [0.4, 0.5) is 8.78 Å². The van der Waals surface area contributed by atoms with Crippen molar-refractivity contribution in [2.24, 2.45) is 0 Å². The summed E-state index contributed by atoms with van der Waals surface area (Å²) in [4.78, 5) is 7.22. The van der Waals surface area contributed by atoms with Crippen molar-refractivity contribution >= 4 is 36.9 Å². The van der Waals surface area contributed by atoms with Crippen molar-refractivity contribution in [2.75, 3.05) is 13.1 Å². The highest BCUT2D eigenvalue weighted by Crippen LogP contribution is 2.35. The Morgan fingerprint density at radius 2 is 2.05 bits per heavy atom. The summed E-state index contributed by atoms with van der Waals surface area (Å²) in [5, 5.41) is 9.86. The zero-order valence-corrected chi connectivity index (χ0v) is 13.4. The van der Waals surface area contributed by atoms with Crippen LogP contribution in [0.25, 0.3) is 10.9 Å². The van der Waals surface area contributed by atoms with E-state index in [1.165, 1.54) is 12.1 Å². The van der Waals surface area contributed by atoms with Gasteiger partial charge >= 0.3 is 0 Å². The molecule has 10 heteroatoms. The van der Waals surface area contributed by atoms with Gasteiger partial charge in [-0.2, -0.15) is 4.31 Å². The van der Waals surface area contributed by atoms with E-state index in [2.05, 4.69) is 25.9 Å². The molecule has 2 aromatic rings. The Kier molecular flexibility index (Phi) is 3.57. The van der Waals surface area contributed by atoms with Crippen molar-refractivity contribution in [3.63, 3.8) is 0 Å². The second kappa shape index (κ2) is 5.07. The number of aromatic hydroxyl groups is 1.